The Labute approximate surface area is 305 Å². The van der Waals surface area contributed by atoms with Gasteiger partial charge in [-0.05, 0) is 56.0 Å². The normalized spacial score (nSPS) is 20.8. The fraction of sp³-hybridized carbons (Fsp3) is 0.389. The van der Waals surface area contributed by atoms with Crippen LogP contribution in [0.25, 0.3) is 32.1 Å². The van der Waals surface area contributed by atoms with E-state index in [-0.39, 0.29) is 66.8 Å². The van der Waals surface area contributed by atoms with E-state index >= 15 is 4.39 Å². The average Bonchev–Trinajstić information content (AvgIpc) is 3.80. The number of alkyl halides is 1. The number of nitrogen functional groups attached to an aromatic ring is 1. The second kappa shape index (κ2) is 13.3. The number of hydrogen-bond acceptors (Lipinski definition) is 11. The number of nitriles is 1. The number of aromatic nitrogens is 4. The molecule has 11 nitrogen and oxygen atoms in total. The Morgan fingerprint density at radius 3 is 2.79 bits per heavy atom. The molecule has 3 aliphatic rings. The quantitative estimate of drug-likeness (QED) is 0.196. The van der Waals surface area contributed by atoms with Crippen LogP contribution in [0, 0.1) is 28.9 Å². The summed E-state index contributed by atoms with van der Waals surface area (Å²) in [6.45, 7) is 2.08. The van der Waals surface area contributed by atoms with Gasteiger partial charge in [0.15, 0.2) is 5.82 Å². The number of fused-ring (bicyclic) bond motifs is 3. The van der Waals surface area contributed by atoms with Crippen molar-refractivity contribution in [3.8, 4) is 23.2 Å². The maximum atomic E-state index is 17.1. The number of halogens is 4. The minimum atomic E-state index is -0.964. The van der Waals surface area contributed by atoms with E-state index in [1.807, 2.05) is 11.0 Å². The molecular formula is C36H33ClF3N9O2S. The highest BCUT2D eigenvalue weighted by molar-refractivity contribution is 7.23. The summed E-state index contributed by atoms with van der Waals surface area (Å²) in [6.07, 6.45) is 4.99. The molecule has 2 aromatic carbocycles. The molecule has 0 aliphatic carbocycles. The van der Waals surface area contributed by atoms with Crippen molar-refractivity contribution in [2.75, 3.05) is 55.4 Å². The van der Waals surface area contributed by atoms with E-state index in [1.54, 1.807) is 25.4 Å². The Hall–Kier alpha value is -4.78. The van der Waals surface area contributed by atoms with Gasteiger partial charge in [0.2, 0.25) is 5.91 Å². The summed E-state index contributed by atoms with van der Waals surface area (Å²) in [5, 5.41) is 10.5. The number of carbonyl (C=O) groups excluding carboxylic acids is 1. The van der Waals surface area contributed by atoms with E-state index in [2.05, 4.69) is 19.9 Å². The molecule has 0 bridgehead atoms. The first-order chi connectivity index (χ1) is 25.1. The molecule has 0 unspecified atom stereocenters. The number of nitrogens with zero attached hydrogens (tertiary/aromatic N) is 8. The van der Waals surface area contributed by atoms with Crippen LogP contribution in [0.3, 0.4) is 0 Å². The van der Waals surface area contributed by atoms with Crippen LogP contribution in [0.5, 0.6) is 6.01 Å². The van der Waals surface area contributed by atoms with Crippen LogP contribution >= 0.6 is 22.9 Å². The first kappa shape index (κ1) is 34.3. The van der Waals surface area contributed by atoms with Crippen LogP contribution in [0.4, 0.5) is 29.8 Å². The van der Waals surface area contributed by atoms with Crippen LogP contribution in [0.1, 0.15) is 37.7 Å². The minimum absolute atomic E-state index is 0.00190. The van der Waals surface area contributed by atoms with Gasteiger partial charge in [-0.25, -0.2) is 23.1 Å². The molecule has 3 aromatic heterocycles. The van der Waals surface area contributed by atoms with E-state index in [0.717, 1.165) is 30.7 Å². The monoisotopic (exact) mass is 747 g/mol. The molecule has 3 aliphatic heterocycles. The van der Waals surface area contributed by atoms with Gasteiger partial charge in [-0.1, -0.05) is 17.7 Å². The molecule has 1 amide bonds. The van der Waals surface area contributed by atoms with Crippen LogP contribution in [-0.4, -0.2) is 82.3 Å². The summed E-state index contributed by atoms with van der Waals surface area (Å²) < 4.78 is 52.9. The van der Waals surface area contributed by atoms with Gasteiger partial charge < -0.3 is 15.4 Å². The molecule has 268 valence electrons. The van der Waals surface area contributed by atoms with Gasteiger partial charge in [-0.3, -0.25) is 14.6 Å². The fourth-order valence-electron chi connectivity index (χ4n) is 8.08. The molecule has 2 N–H and O–H groups in total. The summed E-state index contributed by atoms with van der Waals surface area (Å²) in [7, 11) is 1.68. The maximum Gasteiger partial charge on any atom is 0.319 e. The van der Waals surface area contributed by atoms with Gasteiger partial charge in [-0.2, -0.15) is 15.2 Å². The van der Waals surface area contributed by atoms with Gasteiger partial charge in [-0.15, -0.1) is 11.3 Å². The number of amides is 1. The average molecular weight is 748 g/mol. The van der Waals surface area contributed by atoms with Crippen molar-refractivity contribution in [3.63, 3.8) is 0 Å². The van der Waals surface area contributed by atoms with E-state index in [4.69, 9.17) is 27.1 Å². The molecule has 3 fully saturated rings. The lowest BCUT2D eigenvalue weighted by Gasteiger charge is -2.34. The predicted molar refractivity (Wildman–Crippen MR) is 193 cm³/mol. The van der Waals surface area contributed by atoms with Gasteiger partial charge in [0.25, 0.3) is 0 Å². The molecule has 8 rings (SSSR count). The van der Waals surface area contributed by atoms with E-state index in [0.29, 0.717) is 55.9 Å². The zero-order valence-electron chi connectivity index (χ0n) is 28.1. The zero-order valence-corrected chi connectivity index (χ0v) is 29.7. The highest BCUT2D eigenvalue weighted by Gasteiger charge is 2.49. The smallest absolute Gasteiger partial charge is 0.319 e. The fourth-order valence-corrected chi connectivity index (χ4v) is 9.32. The summed E-state index contributed by atoms with van der Waals surface area (Å²) in [6, 6.07) is 7.74. The first-order valence-electron chi connectivity index (χ1n) is 17.0. The highest BCUT2D eigenvalue weighted by atomic mass is 35.5. The third kappa shape index (κ3) is 5.73. The van der Waals surface area contributed by atoms with Crippen molar-refractivity contribution in [2.45, 2.75) is 43.8 Å². The van der Waals surface area contributed by atoms with Crippen molar-refractivity contribution in [2.24, 2.45) is 5.92 Å². The molecule has 6 heterocycles. The predicted octanol–water partition coefficient (Wildman–Crippen LogP) is 6.52. The number of ether oxygens (including phenoxy) is 1. The van der Waals surface area contributed by atoms with E-state index in [9.17, 15) is 18.8 Å². The van der Waals surface area contributed by atoms with Crippen molar-refractivity contribution in [1.82, 2.24) is 24.8 Å². The van der Waals surface area contributed by atoms with Crippen LogP contribution in [0.2, 0.25) is 5.02 Å². The highest BCUT2D eigenvalue weighted by Crippen LogP contribution is 2.46. The molecular weight excluding hydrogens is 715 g/mol. The second-order valence-electron chi connectivity index (χ2n) is 13.6. The minimum Gasteiger partial charge on any atom is -0.461 e. The van der Waals surface area contributed by atoms with E-state index in [1.165, 1.54) is 23.4 Å². The van der Waals surface area contributed by atoms with Crippen molar-refractivity contribution < 1.29 is 22.7 Å². The van der Waals surface area contributed by atoms with Crippen LogP contribution in [0.15, 0.2) is 36.8 Å². The summed E-state index contributed by atoms with van der Waals surface area (Å²) in [5.74, 6) is -0.891. The van der Waals surface area contributed by atoms with Gasteiger partial charge in [0.1, 0.15) is 53.1 Å². The Bertz CT molecular complexity index is 2260. The standard InChI is InChI=1S/C36H33ClF3N9O2S/c1-47(26-5-9-43-18-44-26)34(50)19-6-11-48(12-7-19)33-22-13-24(37)28(21-3-4-25(39)31-27(21)23(15-41)32(42)52-31)29(40)30(22)45-35(46-33)51-17-36-8-2-10-49(36)16-20(38)14-36/h3-5,9,13,18-20H,2,6-8,10-12,14,16-17,42H2,1H3/t20-,36+/m1/s1. The number of rotatable bonds is 7. The number of anilines is 3. The lowest BCUT2D eigenvalue weighted by molar-refractivity contribution is -0.122. The molecule has 5 aromatic rings. The topological polar surface area (TPSA) is 137 Å². The maximum absolute atomic E-state index is 17.1. The number of benzene rings is 2. The molecule has 0 radical (unpaired) electrons. The Morgan fingerprint density at radius 1 is 1.23 bits per heavy atom. The third-order valence-electron chi connectivity index (χ3n) is 10.7. The molecule has 0 spiro atoms. The molecule has 2 atom stereocenters. The lowest BCUT2D eigenvalue weighted by atomic mass is 9.94. The molecule has 52 heavy (non-hydrogen) atoms. The van der Waals surface area contributed by atoms with Crippen LogP contribution < -0.4 is 20.3 Å². The van der Waals surface area contributed by atoms with Crippen molar-refractivity contribution >= 4 is 66.5 Å². The number of carbonyl (C=O) groups is 1. The largest absolute Gasteiger partial charge is 0.461 e. The summed E-state index contributed by atoms with van der Waals surface area (Å²) >= 11 is 7.77. The SMILES string of the molecule is CN(C(=O)C1CCN(c2nc(OC[C@@]34CCCN3C[C@H](F)C4)nc3c(F)c(-c4ccc(F)c5sc(N)c(C#N)c45)c(Cl)cc23)CC1)c1ccncn1. The second-order valence-corrected chi connectivity index (χ2v) is 15.1. The molecule has 3 saturated heterocycles. The third-order valence-corrected chi connectivity index (χ3v) is 12.0. The van der Waals surface area contributed by atoms with Gasteiger partial charge >= 0.3 is 6.01 Å². The van der Waals surface area contributed by atoms with Crippen molar-refractivity contribution in [1.29, 1.82) is 5.26 Å². The van der Waals surface area contributed by atoms with Crippen molar-refractivity contribution in [3.05, 3.63) is 59.0 Å². The van der Waals surface area contributed by atoms with Crippen LogP contribution in [-0.2, 0) is 4.79 Å². The number of piperidine rings is 1. The summed E-state index contributed by atoms with van der Waals surface area (Å²) in [5.41, 5.74) is 5.65. The molecule has 16 heteroatoms. The van der Waals surface area contributed by atoms with Gasteiger partial charge in [0, 0.05) is 61.6 Å². The van der Waals surface area contributed by atoms with Gasteiger partial charge in [0.05, 0.1) is 20.8 Å². The summed E-state index contributed by atoms with van der Waals surface area (Å²) in [4.78, 5) is 36.4. The zero-order chi connectivity index (χ0) is 36.3. The lowest BCUT2D eigenvalue weighted by Crippen LogP contribution is -2.43. The Kier molecular flexibility index (Phi) is 8.79. The number of thiophene rings is 1. The number of hydrogen-bond donors (Lipinski definition) is 1. The first-order valence-corrected chi connectivity index (χ1v) is 18.2. The Balaban J connectivity index is 1.19. The number of nitrogens with two attached hydrogens (primary N) is 1. The van der Waals surface area contributed by atoms with E-state index < -0.39 is 23.3 Å². The Morgan fingerprint density at radius 2 is 2.04 bits per heavy atom. The molecule has 0 saturated carbocycles.